The van der Waals surface area contributed by atoms with Gasteiger partial charge in [0.05, 0.1) is 11.0 Å². The minimum Gasteiger partial charge on any atom is -0.507 e. The first-order chi connectivity index (χ1) is 8.90. The van der Waals surface area contributed by atoms with Crippen molar-refractivity contribution in [2.75, 3.05) is 13.1 Å². The summed E-state index contributed by atoms with van der Waals surface area (Å²) >= 11 is 3.07. The molecule has 0 aliphatic heterocycles. The highest BCUT2D eigenvalue weighted by atomic mass is 79.9. The van der Waals surface area contributed by atoms with Crippen molar-refractivity contribution in [3.8, 4) is 5.75 Å². The van der Waals surface area contributed by atoms with Crippen molar-refractivity contribution in [1.29, 1.82) is 0 Å². The number of hydrogen-bond donors (Lipinski definition) is 4. The van der Waals surface area contributed by atoms with E-state index in [2.05, 4.69) is 26.6 Å². The molecule has 0 saturated heterocycles. The molecule has 0 aliphatic carbocycles. The van der Waals surface area contributed by atoms with Gasteiger partial charge in [-0.3, -0.25) is 14.4 Å². The maximum atomic E-state index is 11.6. The lowest BCUT2D eigenvalue weighted by molar-refractivity contribution is -0.137. The Hall–Kier alpha value is -2.09. The number of carbonyl (C=O) groups is 3. The summed E-state index contributed by atoms with van der Waals surface area (Å²) in [7, 11) is 0. The van der Waals surface area contributed by atoms with Crippen molar-refractivity contribution in [2.45, 2.75) is 0 Å². The van der Waals surface area contributed by atoms with Gasteiger partial charge < -0.3 is 20.8 Å². The number of halogens is 1. The van der Waals surface area contributed by atoms with Gasteiger partial charge in [-0.15, -0.1) is 0 Å². The van der Waals surface area contributed by atoms with Crippen LogP contribution in [-0.4, -0.2) is 41.1 Å². The first kappa shape index (κ1) is 15.0. The average Bonchev–Trinajstić information content (AvgIpc) is 2.36. The standard InChI is InChI=1S/C11H11BrN2O5/c12-7-2-1-6(3-8(7)15)11(19)14-4-9(16)13-5-10(17)18/h1-3,15H,4-5H2,(H,13,16)(H,14,19)(H,17,18). The van der Waals surface area contributed by atoms with E-state index in [9.17, 15) is 19.5 Å². The molecule has 0 bridgehead atoms. The van der Waals surface area contributed by atoms with Gasteiger partial charge >= 0.3 is 5.97 Å². The van der Waals surface area contributed by atoms with Crippen LogP contribution in [0, 0.1) is 0 Å². The Morgan fingerprint density at radius 2 is 1.84 bits per heavy atom. The summed E-state index contributed by atoms with van der Waals surface area (Å²) in [4.78, 5) is 33.0. The first-order valence-corrected chi connectivity index (χ1v) is 5.94. The summed E-state index contributed by atoms with van der Waals surface area (Å²) in [5, 5.41) is 22.1. The smallest absolute Gasteiger partial charge is 0.322 e. The Labute approximate surface area is 116 Å². The third-order valence-corrected chi connectivity index (χ3v) is 2.73. The number of nitrogens with one attached hydrogen (secondary N) is 2. The fourth-order valence-corrected chi connectivity index (χ4v) is 1.40. The van der Waals surface area contributed by atoms with E-state index in [4.69, 9.17) is 5.11 Å². The summed E-state index contributed by atoms with van der Waals surface area (Å²) in [5.74, 6) is -2.43. The van der Waals surface area contributed by atoms with Gasteiger partial charge in [-0.1, -0.05) is 0 Å². The van der Waals surface area contributed by atoms with Gasteiger partial charge in [0, 0.05) is 5.56 Å². The SMILES string of the molecule is O=C(O)CNC(=O)CNC(=O)c1ccc(Br)c(O)c1. The Morgan fingerprint density at radius 1 is 1.16 bits per heavy atom. The molecule has 7 nitrogen and oxygen atoms in total. The number of hydrogen-bond acceptors (Lipinski definition) is 4. The lowest BCUT2D eigenvalue weighted by Gasteiger charge is -2.06. The largest absolute Gasteiger partial charge is 0.507 e. The summed E-state index contributed by atoms with van der Waals surface area (Å²) in [5.41, 5.74) is 0.187. The van der Waals surface area contributed by atoms with Crippen LogP contribution in [0.15, 0.2) is 22.7 Å². The number of phenolic OH excluding ortho intramolecular Hbond substituents is 1. The fourth-order valence-electron chi connectivity index (χ4n) is 1.15. The monoisotopic (exact) mass is 330 g/mol. The number of carboxylic acids is 1. The lowest BCUT2D eigenvalue weighted by Crippen LogP contribution is -2.39. The molecule has 0 atom stereocenters. The number of carbonyl (C=O) groups excluding carboxylic acids is 2. The third-order valence-electron chi connectivity index (χ3n) is 2.05. The molecule has 0 unspecified atom stereocenters. The van der Waals surface area contributed by atoms with Crippen molar-refractivity contribution in [3.05, 3.63) is 28.2 Å². The molecule has 0 aromatic heterocycles. The molecule has 0 saturated carbocycles. The van der Waals surface area contributed by atoms with Crippen molar-refractivity contribution in [2.24, 2.45) is 0 Å². The summed E-state index contributed by atoms with van der Waals surface area (Å²) < 4.78 is 0.447. The molecular weight excluding hydrogens is 320 g/mol. The number of aliphatic carboxylic acids is 1. The molecule has 0 fully saturated rings. The molecule has 0 spiro atoms. The quantitative estimate of drug-likeness (QED) is 0.610. The van der Waals surface area contributed by atoms with E-state index < -0.39 is 24.3 Å². The second-order valence-corrected chi connectivity index (χ2v) is 4.37. The van der Waals surface area contributed by atoms with Gasteiger partial charge in [-0.25, -0.2) is 0 Å². The second-order valence-electron chi connectivity index (χ2n) is 3.52. The first-order valence-electron chi connectivity index (χ1n) is 5.15. The number of benzene rings is 1. The summed E-state index contributed by atoms with van der Waals surface area (Å²) in [6, 6.07) is 4.21. The fraction of sp³-hybridized carbons (Fsp3) is 0.182. The van der Waals surface area contributed by atoms with Gasteiger partial charge in [-0.05, 0) is 34.1 Å². The van der Waals surface area contributed by atoms with E-state index in [0.29, 0.717) is 4.47 Å². The Morgan fingerprint density at radius 3 is 2.42 bits per heavy atom. The molecule has 2 amide bonds. The number of phenols is 1. The van der Waals surface area contributed by atoms with Crippen LogP contribution in [-0.2, 0) is 9.59 Å². The molecule has 0 aliphatic rings. The van der Waals surface area contributed by atoms with E-state index >= 15 is 0 Å². The van der Waals surface area contributed by atoms with Crippen LogP contribution in [0.25, 0.3) is 0 Å². The molecule has 4 N–H and O–H groups in total. The Kier molecular flexibility index (Phi) is 5.31. The molecular formula is C11H11BrN2O5. The van der Waals surface area contributed by atoms with Crippen LogP contribution in [0.5, 0.6) is 5.75 Å². The molecule has 1 rings (SSSR count). The number of carboxylic acid groups (broad SMARTS) is 1. The van der Waals surface area contributed by atoms with E-state index in [0.717, 1.165) is 0 Å². The second kappa shape index (κ2) is 6.74. The predicted octanol–water partition coefficient (Wildman–Crippen LogP) is 0.0853. The minimum absolute atomic E-state index is 0.0945. The highest BCUT2D eigenvalue weighted by molar-refractivity contribution is 9.10. The lowest BCUT2D eigenvalue weighted by atomic mass is 10.2. The minimum atomic E-state index is -1.17. The summed E-state index contributed by atoms with van der Waals surface area (Å²) in [6.45, 7) is -0.850. The molecule has 1 aromatic rings. The van der Waals surface area contributed by atoms with Crippen molar-refractivity contribution in [3.63, 3.8) is 0 Å². The maximum Gasteiger partial charge on any atom is 0.322 e. The van der Waals surface area contributed by atoms with Crippen molar-refractivity contribution < 1.29 is 24.6 Å². The topological polar surface area (TPSA) is 116 Å². The molecule has 1 aromatic carbocycles. The highest BCUT2D eigenvalue weighted by Gasteiger charge is 2.10. The summed E-state index contributed by atoms with van der Waals surface area (Å²) in [6.07, 6.45) is 0. The van der Waals surface area contributed by atoms with Gasteiger partial charge in [0.25, 0.3) is 5.91 Å². The Balaban J connectivity index is 2.49. The number of amides is 2. The average molecular weight is 331 g/mol. The van der Waals surface area contributed by atoms with Crippen molar-refractivity contribution >= 4 is 33.7 Å². The molecule has 102 valence electrons. The Bertz CT molecular complexity index is 518. The molecule has 0 heterocycles. The zero-order valence-electron chi connectivity index (χ0n) is 9.64. The van der Waals surface area contributed by atoms with Crippen molar-refractivity contribution in [1.82, 2.24) is 10.6 Å². The van der Waals surface area contributed by atoms with Gasteiger partial charge in [-0.2, -0.15) is 0 Å². The number of rotatable bonds is 5. The van der Waals surface area contributed by atoms with Gasteiger partial charge in [0.2, 0.25) is 5.91 Å². The zero-order chi connectivity index (χ0) is 14.4. The van der Waals surface area contributed by atoms with Crippen LogP contribution >= 0.6 is 15.9 Å². The highest BCUT2D eigenvalue weighted by Crippen LogP contribution is 2.24. The van der Waals surface area contributed by atoms with E-state index in [-0.39, 0.29) is 17.9 Å². The van der Waals surface area contributed by atoms with Gasteiger partial charge in [0.15, 0.2) is 0 Å². The molecule has 19 heavy (non-hydrogen) atoms. The van der Waals surface area contributed by atoms with Crippen LogP contribution in [0.3, 0.4) is 0 Å². The molecule has 8 heteroatoms. The molecule has 0 radical (unpaired) electrons. The zero-order valence-corrected chi connectivity index (χ0v) is 11.2. The predicted molar refractivity (Wildman–Crippen MR) is 68.8 cm³/mol. The van der Waals surface area contributed by atoms with Crippen LogP contribution in [0.1, 0.15) is 10.4 Å². The normalized spacial score (nSPS) is 9.74. The van der Waals surface area contributed by atoms with Crippen LogP contribution in [0.2, 0.25) is 0 Å². The maximum absolute atomic E-state index is 11.6. The van der Waals surface area contributed by atoms with Crippen LogP contribution in [0.4, 0.5) is 0 Å². The number of aromatic hydroxyl groups is 1. The van der Waals surface area contributed by atoms with Crippen LogP contribution < -0.4 is 10.6 Å². The van der Waals surface area contributed by atoms with E-state index in [1.165, 1.54) is 18.2 Å². The van der Waals surface area contributed by atoms with Gasteiger partial charge in [0.1, 0.15) is 12.3 Å². The van der Waals surface area contributed by atoms with E-state index in [1.54, 1.807) is 0 Å². The van der Waals surface area contributed by atoms with E-state index in [1.807, 2.05) is 0 Å². The third kappa shape index (κ3) is 4.96.